The van der Waals surface area contributed by atoms with E-state index in [-0.39, 0.29) is 0 Å². The van der Waals surface area contributed by atoms with E-state index < -0.39 is 23.2 Å². The van der Waals surface area contributed by atoms with Crippen LogP contribution in [0.25, 0.3) is 0 Å². The first-order valence-electron chi connectivity index (χ1n) is 5.39. The number of carboxylic acid groups (broad SMARTS) is 1. The van der Waals surface area contributed by atoms with Gasteiger partial charge in [-0.3, -0.25) is 4.90 Å². The van der Waals surface area contributed by atoms with E-state index in [0.717, 1.165) is 0 Å². The molecular formula is C11H18NO4-. The van der Waals surface area contributed by atoms with Gasteiger partial charge < -0.3 is 14.6 Å². The van der Waals surface area contributed by atoms with Crippen molar-refractivity contribution >= 4 is 12.1 Å². The molecule has 1 heterocycles. The number of hydrogen-bond donors (Lipinski definition) is 0. The highest BCUT2D eigenvalue weighted by Gasteiger charge is 2.42. The Kier molecular flexibility index (Phi) is 3.17. The fourth-order valence-corrected chi connectivity index (χ4v) is 1.79. The molecule has 1 saturated heterocycles. The van der Waals surface area contributed by atoms with Crippen molar-refractivity contribution in [1.29, 1.82) is 0 Å². The third kappa shape index (κ3) is 2.46. The molecule has 0 radical (unpaired) electrons. The molecule has 1 rings (SSSR count). The summed E-state index contributed by atoms with van der Waals surface area (Å²) in [6.45, 7) is 7.14. The quantitative estimate of drug-likeness (QED) is 0.656. The van der Waals surface area contributed by atoms with Gasteiger partial charge in [-0.2, -0.15) is 0 Å². The lowest BCUT2D eigenvalue weighted by atomic mass is 10.00. The number of carbonyl (C=O) groups excluding carboxylic acids is 2. The van der Waals surface area contributed by atoms with Crippen LogP contribution in [0.15, 0.2) is 0 Å². The van der Waals surface area contributed by atoms with Gasteiger partial charge in [0.25, 0.3) is 0 Å². The molecule has 5 nitrogen and oxygen atoms in total. The second-order valence-corrected chi connectivity index (χ2v) is 5.30. The smallest absolute Gasteiger partial charge is 0.411 e. The van der Waals surface area contributed by atoms with Crippen molar-refractivity contribution in [2.24, 2.45) is 0 Å². The summed E-state index contributed by atoms with van der Waals surface area (Å²) in [5.41, 5.74) is -1.85. The zero-order valence-corrected chi connectivity index (χ0v) is 10.2. The summed E-state index contributed by atoms with van der Waals surface area (Å²) in [7, 11) is 0. The zero-order valence-electron chi connectivity index (χ0n) is 10.2. The van der Waals surface area contributed by atoms with Gasteiger partial charge in [-0.05, 0) is 40.5 Å². The monoisotopic (exact) mass is 228 g/mol. The first kappa shape index (κ1) is 12.8. The Morgan fingerprint density at radius 3 is 2.38 bits per heavy atom. The fourth-order valence-electron chi connectivity index (χ4n) is 1.79. The van der Waals surface area contributed by atoms with E-state index in [1.807, 2.05) is 0 Å². The van der Waals surface area contributed by atoms with Crippen LogP contribution < -0.4 is 5.11 Å². The predicted molar refractivity (Wildman–Crippen MR) is 55.6 cm³/mol. The van der Waals surface area contributed by atoms with Crippen LogP contribution in [0.2, 0.25) is 0 Å². The Balaban J connectivity index is 2.80. The van der Waals surface area contributed by atoms with Gasteiger partial charge in [0.15, 0.2) is 0 Å². The molecule has 0 aliphatic carbocycles. The number of ether oxygens (including phenoxy) is 1. The van der Waals surface area contributed by atoms with Gasteiger partial charge in [-0.25, -0.2) is 4.79 Å². The molecule has 16 heavy (non-hydrogen) atoms. The summed E-state index contributed by atoms with van der Waals surface area (Å²) in [5, 5.41) is 11.0. The summed E-state index contributed by atoms with van der Waals surface area (Å²) in [6, 6.07) is 0. The standard InChI is InChI=1S/C11H19NO4/c1-10(2,3)16-9(15)12-7-5-6-11(12,4)8(13)14/h5-7H2,1-4H3,(H,13,14)/p-1/t11-/m0/s1. The molecule has 0 aromatic heterocycles. The molecule has 0 unspecified atom stereocenters. The molecule has 92 valence electrons. The maximum atomic E-state index is 11.8. The van der Waals surface area contributed by atoms with E-state index in [9.17, 15) is 14.7 Å². The number of amides is 1. The second-order valence-electron chi connectivity index (χ2n) is 5.30. The molecule has 1 fully saturated rings. The third-order valence-electron chi connectivity index (χ3n) is 2.69. The number of carboxylic acids is 1. The fraction of sp³-hybridized carbons (Fsp3) is 0.818. The van der Waals surface area contributed by atoms with Gasteiger partial charge in [0.2, 0.25) is 0 Å². The number of carbonyl (C=O) groups is 2. The van der Waals surface area contributed by atoms with Crippen molar-refractivity contribution in [3.8, 4) is 0 Å². The number of hydrogen-bond acceptors (Lipinski definition) is 4. The Hall–Kier alpha value is -1.26. The molecule has 1 amide bonds. The third-order valence-corrected chi connectivity index (χ3v) is 2.69. The molecule has 0 spiro atoms. The molecule has 0 aromatic carbocycles. The minimum Gasteiger partial charge on any atom is -0.548 e. The molecule has 1 aliphatic heterocycles. The van der Waals surface area contributed by atoms with Crippen molar-refractivity contribution in [3.63, 3.8) is 0 Å². The number of nitrogens with zero attached hydrogens (tertiary/aromatic N) is 1. The molecule has 5 heteroatoms. The zero-order chi connectivity index (χ0) is 12.6. The molecule has 1 aliphatic rings. The van der Waals surface area contributed by atoms with E-state index in [4.69, 9.17) is 4.74 Å². The van der Waals surface area contributed by atoms with Gasteiger partial charge in [0.1, 0.15) is 5.60 Å². The van der Waals surface area contributed by atoms with Crippen molar-refractivity contribution in [1.82, 2.24) is 4.90 Å². The van der Waals surface area contributed by atoms with Crippen LogP contribution in [0.3, 0.4) is 0 Å². The first-order valence-corrected chi connectivity index (χ1v) is 5.39. The summed E-state index contributed by atoms with van der Waals surface area (Å²) in [6.07, 6.45) is 0.481. The minimum absolute atomic E-state index is 0.402. The molecule has 0 aromatic rings. The Morgan fingerprint density at radius 2 is 1.94 bits per heavy atom. The summed E-state index contributed by atoms with van der Waals surface area (Å²) in [5.74, 6) is -1.23. The van der Waals surface area contributed by atoms with Crippen LogP contribution in [-0.2, 0) is 9.53 Å². The molecule has 1 atom stereocenters. The van der Waals surface area contributed by atoms with Crippen molar-refractivity contribution < 1.29 is 19.4 Å². The highest BCUT2D eigenvalue weighted by molar-refractivity contribution is 5.83. The normalized spacial score (nSPS) is 25.6. The van der Waals surface area contributed by atoms with Gasteiger partial charge >= 0.3 is 6.09 Å². The van der Waals surface area contributed by atoms with E-state index in [1.165, 1.54) is 11.8 Å². The Morgan fingerprint density at radius 1 is 1.38 bits per heavy atom. The molecular weight excluding hydrogens is 210 g/mol. The van der Waals surface area contributed by atoms with Crippen LogP contribution in [0.4, 0.5) is 4.79 Å². The van der Waals surface area contributed by atoms with Crippen molar-refractivity contribution in [2.75, 3.05) is 6.54 Å². The average Bonchev–Trinajstić information content (AvgIpc) is 2.45. The van der Waals surface area contributed by atoms with Crippen LogP contribution in [-0.4, -0.2) is 34.6 Å². The molecule has 0 bridgehead atoms. The van der Waals surface area contributed by atoms with Gasteiger partial charge in [0, 0.05) is 6.54 Å². The Bertz CT molecular complexity index is 308. The number of aliphatic carboxylic acids is 1. The maximum absolute atomic E-state index is 11.8. The lowest BCUT2D eigenvalue weighted by molar-refractivity contribution is -0.316. The van der Waals surface area contributed by atoms with E-state index in [2.05, 4.69) is 0 Å². The molecule has 0 N–H and O–H groups in total. The van der Waals surface area contributed by atoms with Crippen LogP contribution in [0, 0.1) is 0 Å². The summed E-state index contributed by atoms with van der Waals surface area (Å²) in [4.78, 5) is 24.1. The van der Waals surface area contributed by atoms with E-state index >= 15 is 0 Å². The second kappa shape index (κ2) is 3.96. The van der Waals surface area contributed by atoms with Crippen LogP contribution in [0.1, 0.15) is 40.5 Å². The van der Waals surface area contributed by atoms with Crippen LogP contribution in [0.5, 0.6) is 0 Å². The number of rotatable bonds is 1. The largest absolute Gasteiger partial charge is 0.548 e. The van der Waals surface area contributed by atoms with Crippen LogP contribution >= 0.6 is 0 Å². The highest BCUT2D eigenvalue weighted by atomic mass is 16.6. The first-order chi connectivity index (χ1) is 7.17. The van der Waals surface area contributed by atoms with Gasteiger partial charge in [-0.15, -0.1) is 0 Å². The predicted octanol–water partition coefficient (Wildman–Crippen LogP) is 0.526. The highest BCUT2D eigenvalue weighted by Crippen LogP contribution is 2.29. The average molecular weight is 228 g/mol. The Labute approximate surface area is 95.4 Å². The van der Waals surface area contributed by atoms with Crippen molar-refractivity contribution in [3.05, 3.63) is 0 Å². The topological polar surface area (TPSA) is 69.7 Å². The summed E-state index contributed by atoms with van der Waals surface area (Å²) < 4.78 is 5.16. The van der Waals surface area contributed by atoms with Gasteiger partial charge in [-0.1, -0.05) is 0 Å². The minimum atomic E-state index is -1.23. The lowest BCUT2D eigenvalue weighted by Gasteiger charge is -2.36. The number of likely N-dealkylation sites (tertiary alicyclic amines) is 1. The molecule has 0 saturated carbocycles. The van der Waals surface area contributed by atoms with Gasteiger partial charge in [0.05, 0.1) is 11.5 Å². The summed E-state index contributed by atoms with van der Waals surface area (Å²) >= 11 is 0. The van der Waals surface area contributed by atoms with Crippen molar-refractivity contribution in [2.45, 2.75) is 51.7 Å². The SMILES string of the molecule is CC(C)(C)OC(=O)N1CCC[C@@]1(C)C(=O)[O-]. The maximum Gasteiger partial charge on any atom is 0.411 e. The van der Waals surface area contributed by atoms with E-state index in [1.54, 1.807) is 20.8 Å². The van der Waals surface area contributed by atoms with E-state index in [0.29, 0.717) is 19.4 Å². The lowest BCUT2D eigenvalue weighted by Crippen LogP contribution is -2.57.